The molecule has 0 radical (unpaired) electrons. The van der Waals surface area contributed by atoms with Crippen molar-refractivity contribution in [1.29, 1.82) is 5.26 Å². The van der Waals surface area contributed by atoms with Crippen molar-refractivity contribution >= 4 is 34.2 Å². The maximum atomic E-state index is 8.61. The van der Waals surface area contributed by atoms with Gasteiger partial charge in [-0.25, -0.2) is 9.98 Å². The number of aromatic nitrogens is 2. The Kier molecular flexibility index (Phi) is 4.66. The Morgan fingerprint density at radius 1 is 1.55 bits per heavy atom. The highest BCUT2D eigenvalue weighted by Crippen LogP contribution is 2.27. The highest BCUT2D eigenvalue weighted by atomic mass is 35.5. The zero-order chi connectivity index (χ0) is 14.5. The second kappa shape index (κ2) is 6.46. The Hall–Kier alpha value is -1.97. The highest BCUT2D eigenvalue weighted by molar-refractivity contribution is 8.13. The van der Waals surface area contributed by atoms with Gasteiger partial charge in [0.2, 0.25) is 0 Å². The molecule has 20 heavy (non-hydrogen) atoms. The molecule has 1 heterocycles. The molecule has 0 bridgehead atoms. The van der Waals surface area contributed by atoms with Gasteiger partial charge in [-0.2, -0.15) is 5.26 Å². The Balaban J connectivity index is 2.36. The lowest BCUT2D eigenvalue weighted by Crippen LogP contribution is -2.12. The van der Waals surface area contributed by atoms with E-state index < -0.39 is 0 Å². The number of hydrogen-bond donors (Lipinski definition) is 1. The third-order valence-corrected chi connectivity index (χ3v) is 3.49. The van der Waals surface area contributed by atoms with Gasteiger partial charge in [0.05, 0.1) is 16.4 Å². The van der Waals surface area contributed by atoms with E-state index >= 15 is 0 Å². The number of nitrogens with one attached hydrogen (secondary N) is 1. The number of nitriles is 1. The van der Waals surface area contributed by atoms with Crippen LogP contribution in [0.3, 0.4) is 0 Å². The average molecular weight is 306 g/mol. The summed E-state index contributed by atoms with van der Waals surface area (Å²) in [6.45, 7) is 1.91. The highest BCUT2D eigenvalue weighted by Gasteiger charge is 2.06. The summed E-state index contributed by atoms with van der Waals surface area (Å²) >= 11 is 7.64. The largest absolute Gasteiger partial charge is 0.302 e. The molecule has 0 aliphatic carbocycles. The van der Waals surface area contributed by atoms with Crippen molar-refractivity contribution in [3.63, 3.8) is 0 Å². The van der Waals surface area contributed by atoms with Crippen LogP contribution >= 0.6 is 23.4 Å². The zero-order valence-electron chi connectivity index (χ0n) is 11.0. The van der Waals surface area contributed by atoms with Gasteiger partial charge in [0.25, 0.3) is 0 Å². The first-order valence-corrected chi connectivity index (χ1v) is 7.33. The molecule has 0 amide bonds. The van der Waals surface area contributed by atoms with Gasteiger partial charge >= 0.3 is 0 Å². The summed E-state index contributed by atoms with van der Waals surface area (Å²) in [5.74, 6) is 0.860. The van der Waals surface area contributed by atoms with Crippen molar-refractivity contribution in [1.82, 2.24) is 14.9 Å². The molecular weight excluding hydrogens is 294 g/mol. The van der Waals surface area contributed by atoms with Gasteiger partial charge in [-0.3, -0.25) is 5.32 Å². The molecule has 0 fully saturated rings. The second-order valence-electron chi connectivity index (χ2n) is 3.84. The molecule has 2 aromatic rings. The third kappa shape index (κ3) is 3.13. The molecule has 1 N–H and O–H groups in total. The molecule has 102 valence electrons. The van der Waals surface area contributed by atoms with Crippen molar-refractivity contribution in [2.75, 3.05) is 6.26 Å². The quantitative estimate of drug-likeness (QED) is 0.400. The van der Waals surface area contributed by atoms with Gasteiger partial charge in [0.1, 0.15) is 5.82 Å². The molecule has 0 spiro atoms. The Morgan fingerprint density at radius 3 is 2.90 bits per heavy atom. The number of rotatable bonds is 2. The van der Waals surface area contributed by atoms with E-state index in [1.807, 2.05) is 42.3 Å². The molecule has 1 aromatic heterocycles. The minimum atomic E-state index is 0.523. The zero-order valence-corrected chi connectivity index (χ0v) is 12.5. The number of benzene rings is 1. The van der Waals surface area contributed by atoms with Crippen LogP contribution < -0.4 is 5.32 Å². The number of hydrogen-bond acceptors (Lipinski definition) is 4. The maximum absolute atomic E-state index is 8.61. The summed E-state index contributed by atoms with van der Waals surface area (Å²) in [5, 5.41) is 12.2. The summed E-state index contributed by atoms with van der Waals surface area (Å²) in [5.41, 5.74) is 1.53. The standard InChI is InChI=1S/C13H12ClN5S/c1-9-16-5-6-19(9)12-4-3-10(7-11(12)14)18-13(20-2)17-8-15/h3-7H,1-2H3,(H,17,18). The molecule has 5 nitrogen and oxygen atoms in total. The lowest BCUT2D eigenvalue weighted by atomic mass is 10.3. The van der Waals surface area contributed by atoms with E-state index in [0.29, 0.717) is 15.9 Å². The van der Waals surface area contributed by atoms with Crippen LogP contribution in [0.5, 0.6) is 0 Å². The number of aryl methyl sites for hydroxylation is 1. The molecule has 1 aromatic carbocycles. The molecule has 7 heteroatoms. The van der Waals surface area contributed by atoms with Gasteiger partial charge in [-0.1, -0.05) is 23.4 Å². The average Bonchev–Trinajstić information content (AvgIpc) is 2.84. The van der Waals surface area contributed by atoms with Crippen molar-refractivity contribution in [3.05, 3.63) is 41.4 Å². The predicted molar refractivity (Wildman–Crippen MR) is 82.7 cm³/mol. The van der Waals surface area contributed by atoms with Gasteiger partial charge in [0, 0.05) is 12.4 Å². The lowest BCUT2D eigenvalue weighted by Gasteiger charge is -2.08. The van der Waals surface area contributed by atoms with Crippen molar-refractivity contribution in [2.24, 2.45) is 4.99 Å². The van der Waals surface area contributed by atoms with Crippen molar-refractivity contribution < 1.29 is 0 Å². The number of imidazole rings is 1. The van der Waals surface area contributed by atoms with E-state index in [4.69, 9.17) is 16.9 Å². The minimum Gasteiger partial charge on any atom is -0.302 e. The van der Waals surface area contributed by atoms with Gasteiger partial charge < -0.3 is 4.57 Å². The fourth-order valence-corrected chi connectivity index (χ4v) is 2.29. The van der Waals surface area contributed by atoms with E-state index in [0.717, 1.165) is 11.5 Å². The van der Waals surface area contributed by atoms with Crippen LogP contribution in [-0.2, 0) is 0 Å². The second-order valence-corrected chi connectivity index (χ2v) is 5.04. The Bertz CT molecular complexity index is 686. The number of amidine groups is 1. The number of halogens is 1. The van der Waals surface area contributed by atoms with E-state index in [2.05, 4.69) is 15.3 Å². The summed E-state index contributed by atoms with van der Waals surface area (Å²) in [4.78, 5) is 8.48. The molecule has 0 saturated heterocycles. The molecule has 0 atom stereocenters. The monoisotopic (exact) mass is 305 g/mol. The Labute approximate surface area is 126 Å². The normalized spacial score (nSPS) is 11.2. The van der Waals surface area contributed by atoms with Crippen molar-refractivity contribution in [2.45, 2.75) is 6.92 Å². The summed E-state index contributed by atoms with van der Waals surface area (Å²) in [6, 6.07) is 5.47. The van der Waals surface area contributed by atoms with E-state index in [1.54, 1.807) is 12.3 Å². The number of aliphatic imine (C=N–C) groups is 1. The van der Waals surface area contributed by atoms with Crippen molar-refractivity contribution in [3.8, 4) is 11.9 Å². The van der Waals surface area contributed by atoms with Crippen LogP contribution in [0.1, 0.15) is 5.82 Å². The summed E-state index contributed by atoms with van der Waals surface area (Å²) in [6.07, 6.45) is 7.26. The maximum Gasteiger partial charge on any atom is 0.183 e. The molecule has 0 aliphatic heterocycles. The fraction of sp³-hybridized carbons (Fsp3) is 0.154. The first-order chi connectivity index (χ1) is 9.65. The van der Waals surface area contributed by atoms with Crippen LogP contribution in [0.25, 0.3) is 5.69 Å². The van der Waals surface area contributed by atoms with Gasteiger partial charge in [0.15, 0.2) is 11.4 Å². The molecule has 0 aliphatic rings. The van der Waals surface area contributed by atoms with Crippen LogP contribution in [0, 0.1) is 18.4 Å². The fourth-order valence-electron chi connectivity index (χ4n) is 1.68. The Morgan fingerprint density at radius 2 is 2.35 bits per heavy atom. The minimum absolute atomic E-state index is 0.523. The van der Waals surface area contributed by atoms with Crippen LogP contribution in [-0.4, -0.2) is 21.0 Å². The number of nitrogens with zero attached hydrogens (tertiary/aromatic N) is 4. The summed E-state index contributed by atoms with van der Waals surface area (Å²) < 4.78 is 1.90. The van der Waals surface area contributed by atoms with Crippen LogP contribution in [0.2, 0.25) is 5.02 Å². The smallest absolute Gasteiger partial charge is 0.183 e. The SMILES string of the molecule is CSC(=Nc1ccc(-n2ccnc2C)c(Cl)c1)NC#N. The topological polar surface area (TPSA) is 66.0 Å². The van der Waals surface area contributed by atoms with E-state index in [9.17, 15) is 0 Å². The molecule has 2 rings (SSSR count). The van der Waals surface area contributed by atoms with Gasteiger partial charge in [-0.05, 0) is 31.4 Å². The molecule has 0 unspecified atom stereocenters. The van der Waals surface area contributed by atoms with Gasteiger partial charge in [-0.15, -0.1) is 0 Å². The molecule has 0 saturated carbocycles. The van der Waals surface area contributed by atoms with Crippen LogP contribution in [0.4, 0.5) is 5.69 Å². The van der Waals surface area contributed by atoms with E-state index in [-0.39, 0.29) is 0 Å². The number of thioether (sulfide) groups is 1. The first kappa shape index (κ1) is 14.4. The summed E-state index contributed by atoms with van der Waals surface area (Å²) in [7, 11) is 0. The molecular formula is C13H12ClN5S. The lowest BCUT2D eigenvalue weighted by molar-refractivity contribution is 0.975. The first-order valence-electron chi connectivity index (χ1n) is 5.73. The van der Waals surface area contributed by atoms with E-state index in [1.165, 1.54) is 11.8 Å². The third-order valence-electron chi connectivity index (χ3n) is 2.60. The van der Waals surface area contributed by atoms with Crippen LogP contribution in [0.15, 0.2) is 35.6 Å². The predicted octanol–water partition coefficient (Wildman–Crippen LogP) is 3.26.